The minimum Gasteiger partial charge on any atom is -0.493 e. The van der Waals surface area contributed by atoms with Gasteiger partial charge in [-0.2, -0.15) is 0 Å². The summed E-state index contributed by atoms with van der Waals surface area (Å²) in [7, 11) is 1.57. The highest BCUT2D eigenvalue weighted by atomic mass is 16.5. The number of likely N-dealkylation sites (tertiary alicyclic amines) is 1. The second kappa shape index (κ2) is 6.55. The molecule has 0 unspecified atom stereocenters. The molecule has 0 aliphatic carbocycles. The molecule has 1 saturated heterocycles. The number of piperidine rings is 1. The predicted molar refractivity (Wildman–Crippen MR) is 88.0 cm³/mol. The molecule has 2 atom stereocenters. The van der Waals surface area contributed by atoms with Crippen LogP contribution in [0.1, 0.15) is 25.3 Å². The van der Waals surface area contributed by atoms with Crippen LogP contribution in [0.3, 0.4) is 0 Å². The molecule has 2 aliphatic heterocycles. The number of hydrogen-bond acceptors (Lipinski definition) is 4. The van der Waals surface area contributed by atoms with Gasteiger partial charge in [0.05, 0.1) is 18.6 Å². The van der Waals surface area contributed by atoms with Gasteiger partial charge in [-0.25, -0.2) is 0 Å². The van der Waals surface area contributed by atoms with Crippen molar-refractivity contribution in [2.75, 3.05) is 20.3 Å². The third-order valence-corrected chi connectivity index (χ3v) is 4.77. The van der Waals surface area contributed by atoms with Gasteiger partial charge < -0.3 is 19.5 Å². The number of para-hydroxylation sites is 1. The summed E-state index contributed by atoms with van der Waals surface area (Å²) in [6.45, 7) is 2.54. The molecule has 1 N–H and O–H groups in total. The van der Waals surface area contributed by atoms with Crippen molar-refractivity contribution in [1.82, 2.24) is 4.90 Å². The fraction of sp³-hybridized carbons (Fsp3) is 0.444. The van der Waals surface area contributed by atoms with Crippen molar-refractivity contribution in [3.05, 3.63) is 29.3 Å². The summed E-state index contributed by atoms with van der Waals surface area (Å²) >= 11 is 0. The van der Waals surface area contributed by atoms with Gasteiger partial charge >= 0.3 is 5.97 Å². The lowest BCUT2D eigenvalue weighted by atomic mass is 9.89. The summed E-state index contributed by atoms with van der Waals surface area (Å²) in [4.78, 5) is 25.9. The number of ether oxygens (including phenoxy) is 2. The predicted octanol–water partition coefficient (Wildman–Crippen LogP) is 2.18. The van der Waals surface area contributed by atoms with Crippen LogP contribution in [0.15, 0.2) is 23.8 Å². The Morgan fingerprint density at radius 3 is 2.88 bits per heavy atom. The van der Waals surface area contributed by atoms with Crippen LogP contribution in [0.25, 0.3) is 6.08 Å². The molecule has 6 heteroatoms. The Morgan fingerprint density at radius 1 is 1.38 bits per heavy atom. The fourth-order valence-corrected chi connectivity index (χ4v) is 3.41. The van der Waals surface area contributed by atoms with Crippen molar-refractivity contribution < 1.29 is 24.2 Å². The third kappa shape index (κ3) is 2.84. The summed E-state index contributed by atoms with van der Waals surface area (Å²) in [6.07, 6.45) is 3.11. The maximum atomic E-state index is 12.8. The van der Waals surface area contributed by atoms with Crippen LogP contribution in [0, 0.1) is 5.92 Å². The van der Waals surface area contributed by atoms with Crippen LogP contribution in [0.2, 0.25) is 0 Å². The molecule has 1 aromatic rings. The minimum absolute atomic E-state index is 0.151. The van der Waals surface area contributed by atoms with E-state index in [9.17, 15) is 14.7 Å². The normalized spacial score (nSPS) is 22.9. The number of carbonyl (C=O) groups is 2. The highest BCUT2D eigenvalue weighted by Crippen LogP contribution is 2.36. The van der Waals surface area contributed by atoms with Gasteiger partial charge in [0.15, 0.2) is 11.5 Å². The molecule has 0 saturated carbocycles. The van der Waals surface area contributed by atoms with Gasteiger partial charge in [-0.1, -0.05) is 12.1 Å². The van der Waals surface area contributed by atoms with E-state index in [1.54, 1.807) is 25.0 Å². The number of benzene rings is 1. The van der Waals surface area contributed by atoms with E-state index in [1.165, 1.54) is 0 Å². The quantitative estimate of drug-likeness (QED) is 0.919. The van der Waals surface area contributed by atoms with Gasteiger partial charge in [-0.05, 0) is 31.9 Å². The topological polar surface area (TPSA) is 76.1 Å². The van der Waals surface area contributed by atoms with Crippen molar-refractivity contribution in [2.24, 2.45) is 5.92 Å². The fourth-order valence-electron chi connectivity index (χ4n) is 3.41. The highest BCUT2D eigenvalue weighted by molar-refractivity contribution is 5.99. The summed E-state index contributed by atoms with van der Waals surface area (Å²) < 4.78 is 11.0. The molecular weight excluding hydrogens is 310 g/mol. The lowest BCUT2D eigenvalue weighted by Crippen LogP contribution is -2.50. The maximum absolute atomic E-state index is 12.8. The molecule has 24 heavy (non-hydrogen) atoms. The number of aliphatic carboxylic acids is 1. The number of nitrogens with zero attached hydrogens (tertiary/aromatic N) is 1. The number of methoxy groups -OCH3 is 1. The van der Waals surface area contributed by atoms with Crippen LogP contribution in [-0.4, -0.2) is 48.2 Å². The Bertz CT molecular complexity index is 697. The van der Waals surface area contributed by atoms with Gasteiger partial charge in [0.2, 0.25) is 0 Å². The largest absolute Gasteiger partial charge is 0.493 e. The van der Waals surface area contributed by atoms with Gasteiger partial charge in [0, 0.05) is 18.2 Å². The van der Waals surface area contributed by atoms with Crippen LogP contribution in [-0.2, 0) is 9.59 Å². The Labute approximate surface area is 140 Å². The number of amides is 1. The van der Waals surface area contributed by atoms with E-state index in [-0.39, 0.29) is 18.6 Å². The number of carboxylic acid groups (broad SMARTS) is 1. The van der Waals surface area contributed by atoms with Crippen molar-refractivity contribution in [1.29, 1.82) is 0 Å². The number of carboxylic acids is 1. The molecule has 2 aliphatic rings. The number of carbonyl (C=O) groups excluding carboxylic acids is 1. The SMILES string of the molecule is COc1cccc2c1OCC(C(=O)N1CCC[C@H](C(=O)O)[C@@H]1C)=C2. The van der Waals surface area contributed by atoms with Crippen LogP contribution in [0.5, 0.6) is 11.5 Å². The maximum Gasteiger partial charge on any atom is 0.308 e. The first kappa shape index (κ1) is 16.4. The van der Waals surface area contributed by atoms with E-state index in [1.807, 2.05) is 18.2 Å². The van der Waals surface area contributed by atoms with Gasteiger partial charge in [0.1, 0.15) is 6.61 Å². The minimum atomic E-state index is -0.844. The molecule has 1 fully saturated rings. The van der Waals surface area contributed by atoms with E-state index < -0.39 is 11.9 Å². The van der Waals surface area contributed by atoms with Crippen molar-refractivity contribution in [2.45, 2.75) is 25.8 Å². The highest BCUT2D eigenvalue weighted by Gasteiger charge is 2.36. The lowest BCUT2D eigenvalue weighted by molar-refractivity contribution is -0.148. The molecule has 128 valence electrons. The van der Waals surface area contributed by atoms with Gasteiger partial charge in [0.25, 0.3) is 5.91 Å². The van der Waals surface area contributed by atoms with Crippen LogP contribution in [0.4, 0.5) is 0 Å². The zero-order chi connectivity index (χ0) is 17.3. The van der Waals surface area contributed by atoms with Crippen molar-refractivity contribution >= 4 is 18.0 Å². The zero-order valence-corrected chi connectivity index (χ0v) is 13.8. The number of hydrogen-bond donors (Lipinski definition) is 1. The van der Waals surface area contributed by atoms with Gasteiger partial charge in [-0.3, -0.25) is 9.59 Å². The van der Waals surface area contributed by atoms with Crippen molar-refractivity contribution in [3.8, 4) is 11.5 Å². The first-order valence-electron chi connectivity index (χ1n) is 8.07. The Hall–Kier alpha value is -2.50. The van der Waals surface area contributed by atoms with E-state index in [4.69, 9.17) is 9.47 Å². The smallest absolute Gasteiger partial charge is 0.308 e. The summed E-state index contributed by atoms with van der Waals surface area (Å²) in [6, 6.07) is 5.19. The molecule has 0 bridgehead atoms. The lowest BCUT2D eigenvalue weighted by Gasteiger charge is -2.38. The number of fused-ring (bicyclic) bond motifs is 1. The Morgan fingerprint density at radius 2 is 2.17 bits per heavy atom. The first-order chi connectivity index (χ1) is 11.5. The second-order valence-corrected chi connectivity index (χ2v) is 6.16. The molecule has 3 rings (SSSR count). The summed E-state index contributed by atoms with van der Waals surface area (Å²) in [5.41, 5.74) is 1.33. The summed E-state index contributed by atoms with van der Waals surface area (Å²) in [5.74, 6) is -0.245. The summed E-state index contributed by atoms with van der Waals surface area (Å²) in [5, 5.41) is 9.32. The molecule has 1 amide bonds. The van der Waals surface area contributed by atoms with E-state index in [0.29, 0.717) is 36.5 Å². The molecule has 0 radical (unpaired) electrons. The van der Waals surface area contributed by atoms with E-state index in [0.717, 1.165) is 5.56 Å². The molecule has 0 aromatic heterocycles. The second-order valence-electron chi connectivity index (χ2n) is 6.16. The van der Waals surface area contributed by atoms with E-state index >= 15 is 0 Å². The number of rotatable bonds is 3. The first-order valence-corrected chi connectivity index (χ1v) is 8.07. The monoisotopic (exact) mass is 331 g/mol. The van der Waals surface area contributed by atoms with Gasteiger partial charge in [-0.15, -0.1) is 0 Å². The average Bonchev–Trinajstić information content (AvgIpc) is 2.60. The molecular formula is C18H21NO5. The molecule has 1 aromatic carbocycles. The molecule has 2 heterocycles. The van der Waals surface area contributed by atoms with E-state index in [2.05, 4.69) is 0 Å². The van der Waals surface area contributed by atoms with Crippen LogP contribution >= 0.6 is 0 Å². The zero-order valence-electron chi connectivity index (χ0n) is 13.8. The molecule has 6 nitrogen and oxygen atoms in total. The van der Waals surface area contributed by atoms with Crippen molar-refractivity contribution in [3.63, 3.8) is 0 Å². The standard InChI is InChI=1S/C18H21NO5/c1-11-14(18(21)22)6-4-8-19(11)17(20)13-9-12-5-3-7-15(23-2)16(12)24-10-13/h3,5,7,9,11,14H,4,6,8,10H2,1-2H3,(H,21,22)/t11-,14-/m0/s1. The molecule has 0 spiro atoms. The third-order valence-electron chi connectivity index (χ3n) is 4.77. The Balaban J connectivity index is 1.85. The Kier molecular flexibility index (Phi) is 4.46. The van der Waals surface area contributed by atoms with Crippen LogP contribution < -0.4 is 9.47 Å². The average molecular weight is 331 g/mol.